The number of amides is 1. The molecule has 1 aliphatic carbocycles. The first-order chi connectivity index (χ1) is 15.6. The molecule has 0 spiro atoms. The third kappa shape index (κ3) is 5.29. The van der Waals surface area contributed by atoms with Gasteiger partial charge in [0.15, 0.2) is 5.78 Å². The monoisotopic (exact) mass is 510 g/mol. The molecule has 0 fully saturated rings. The van der Waals surface area contributed by atoms with Gasteiger partial charge in [-0.25, -0.2) is 4.79 Å². The number of carbonyl (C=O) groups excluding carboxylic acids is 3. The number of ether oxygens (including phenoxy) is 1. The number of halogens is 3. The Labute approximate surface area is 205 Å². The van der Waals surface area contributed by atoms with Crippen molar-refractivity contribution in [3.05, 3.63) is 62.8 Å². The average Bonchev–Trinajstić information content (AvgIpc) is 2.76. The standard InChI is InChI=1S/C22H21Cl3N4O4/c1-4-33-21(32)15(29-18-17(25)19(30)22(18,2)3)7-11-5-6-12(8-27-11)28-20(31)16-13(23)9-26-10-14(16)24/h5-6,8-10,15,29H,4,7H2,1-3H3,(H,28,31)/t15-/m0/s1. The molecule has 3 rings (SSSR count). The zero-order chi connectivity index (χ0) is 24.3. The van der Waals surface area contributed by atoms with E-state index in [1.807, 2.05) is 0 Å². The van der Waals surface area contributed by atoms with Gasteiger partial charge in [0.2, 0.25) is 0 Å². The predicted molar refractivity (Wildman–Crippen MR) is 125 cm³/mol. The van der Waals surface area contributed by atoms with Crippen LogP contribution in [-0.2, 0) is 20.7 Å². The van der Waals surface area contributed by atoms with Crippen LogP contribution in [0.15, 0.2) is 41.5 Å². The third-order valence-corrected chi connectivity index (χ3v) is 6.01. The zero-order valence-corrected chi connectivity index (χ0v) is 20.3. The van der Waals surface area contributed by atoms with E-state index in [2.05, 4.69) is 20.6 Å². The summed E-state index contributed by atoms with van der Waals surface area (Å²) < 4.78 is 5.16. The van der Waals surface area contributed by atoms with Crippen molar-refractivity contribution >= 4 is 58.1 Å². The summed E-state index contributed by atoms with van der Waals surface area (Å²) in [6, 6.07) is 2.49. The van der Waals surface area contributed by atoms with Crippen LogP contribution < -0.4 is 10.6 Å². The molecule has 2 heterocycles. The summed E-state index contributed by atoms with van der Waals surface area (Å²) in [6.45, 7) is 5.35. The summed E-state index contributed by atoms with van der Waals surface area (Å²) in [7, 11) is 0. The largest absolute Gasteiger partial charge is 0.464 e. The minimum Gasteiger partial charge on any atom is -0.464 e. The molecule has 33 heavy (non-hydrogen) atoms. The molecule has 2 aromatic heterocycles. The molecule has 11 heteroatoms. The van der Waals surface area contributed by atoms with Crippen LogP contribution in [0.3, 0.4) is 0 Å². The highest BCUT2D eigenvalue weighted by atomic mass is 35.5. The van der Waals surface area contributed by atoms with Gasteiger partial charge in [0.05, 0.1) is 39.5 Å². The van der Waals surface area contributed by atoms with Gasteiger partial charge in [-0.05, 0) is 32.9 Å². The molecular weight excluding hydrogens is 491 g/mol. The number of nitrogens with one attached hydrogen (secondary N) is 2. The third-order valence-electron chi connectivity index (χ3n) is 5.08. The maximum atomic E-state index is 12.5. The average molecular weight is 512 g/mol. The van der Waals surface area contributed by atoms with Crippen molar-refractivity contribution in [2.75, 3.05) is 11.9 Å². The molecule has 0 unspecified atom stereocenters. The van der Waals surface area contributed by atoms with Crippen LogP contribution in [-0.4, -0.2) is 40.3 Å². The highest BCUT2D eigenvalue weighted by molar-refractivity contribution is 6.47. The van der Waals surface area contributed by atoms with Gasteiger partial charge in [-0.1, -0.05) is 34.8 Å². The van der Waals surface area contributed by atoms with E-state index in [4.69, 9.17) is 39.5 Å². The summed E-state index contributed by atoms with van der Waals surface area (Å²) in [6.07, 6.45) is 4.27. The minimum atomic E-state index is -0.807. The maximum Gasteiger partial charge on any atom is 0.328 e. The Morgan fingerprint density at radius 2 is 1.79 bits per heavy atom. The van der Waals surface area contributed by atoms with Crippen molar-refractivity contribution in [1.29, 1.82) is 0 Å². The molecule has 1 amide bonds. The Bertz CT molecular complexity index is 1110. The highest BCUT2D eigenvalue weighted by Gasteiger charge is 2.47. The first-order valence-electron chi connectivity index (χ1n) is 9.99. The lowest BCUT2D eigenvalue weighted by molar-refractivity contribution is -0.145. The van der Waals surface area contributed by atoms with Crippen LogP contribution in [0.5, 0.6) is 0 Å². The van der Waals surface area contributed by atoms with Crippen LogP contribution >= 0.6 is 34.8 Å². The quantitative estimate of drug-likeness (QED) is 0.512. The molecule has 0 aliphatic heterocycles. The number of ketones is 1. The Morgan fingerprint density at radius 3 is 2.33 bits per heavy atom. The summed E-state index contributed by atoms with van der Waals surface area (Å²) in [5, 5.41) is 6.04. The minimum absolute atomic E-state index is 0.0775. The van der Waals surface area contributed by atoms with E-state index in [1.54, 1.807) is 32.9 Å². The molecule has 2 N–H and O–H groups in total. The lowest BCUT2D eigenvalue weighted by Crippen LogP contribution is -2.50. The molecule has 174 valence electrons. The fraction of sp³-hybridized carbons (Fsp3) is 0.318. The van der Waals surface area contributed by atoms with E-state index in [0.29, 0.717) is 17.1 Å². The number of Topliss-reactive ketones (excluding diaryl/α,β-unsaturated/α-hetero) is 1. The van der Waals surface area contributed by atoms with E-state index in [9.17, 15) is 14.4 Å². The van der Waals surface area contributed by atoms with Crippen LogP contribution in [0, 0.1) is 5.41 Å². The van der Waals surface area contributed by atoms with E-state index in [-0.39, 0.29) is 39.5 Å². The normalized spacial score (nSPS) is 15.5. The van der Waals surface area contributed by atoms with E-state index in [1.165, 1.54) is 18.6 Å². The zero-order valence-electron chi connectivity index (χ0n) is 18.0. The Kier molecular flexibility index (Phi) is 7.62. The molecule has 0 aromatic carbocycles. The first-order valence-corrected chi connectivity index (χ1v) is 11.1. The lowest BCUT2D eigenvalue weighted by atomic mass is 9.74. The second-order valence-corrected chi connectivity index (χ2v) is 8.96. The summed E-state index contributed by atoms with van der Waals surface area (Å²) >= 11 is 18.1. The molecule has 0 bridgehead atoms. The summed E-state index contributed by atoms with van der Waals surface area (Å²) in [5.41, 5.74) is 0.747. The highest BCUT2D eigenvalue weighted by Crippen LogP contribution is 2.42. The van der Waals surface area contributed by atoms with Crippen molar-refractivity contribution in [2.45, 2.75) is 33.2 Å². The molecule has 2 aromatic rings. The molecule has 8 nitrogen and oxygen atoms in total. The van der Waals surface area contributed by atoms with E-state index >= 15 is 0 Å². The second-order valence-electron chi connectivity index (χ2n) is 7.77. The van der Waals surface area contributed by atoms with Gasteiger partial charge < -0.3 is 15.4 Å². The summed E-state index contributed by atoms with van der Waals surface area (Å²) in [5.74, 6) is -1.20. The van der Waals surface area contributed by atoms with Crippen LogP contribution in [0.1, 0.15) is 36.8 Å². The van der Waals surface area contributed by atoms with Crippen molar-refractivity contribution in [2.24, 2.45) is 5.41 Å². The van der Waals surface area contributed by atoms with Crippen molar-refractivity contribution in [1.82, 2.24) is 15.3 Å². The van der Waals surface area contributed by atoms with Gasteiger partial charge in [0.1, 0.15) is 11.1 Å². The maximum absolute atomic E-state index is 12.5. The van der Waals surface area contributed by atoms with Crippen LogP contribution in [0.2, 0.25) is 10.0 Å². The van der Waals surface area contributed by atoms with Gasteiger partial charge in [0, 0.05) is 30.2 Å². The topological polar surface area (TPSA) is 110 Å². The molecule has 0 saturated carbocycles. The summed E-state index contributed by atoms with van der Waals surface area (Å²) in [4.78, 5) is 45.1. The predicted octanol–water partition coefficient (Wildman–Crippen LogP) is 4.16. The van der Waals surface area contributed by atoms with Gasteiger partial charge >= 0.3 is 5.97 Å². The Morgan fingerprint density at radius 1 is 1.12 bits per heavy atom. The fourth-order valence-electron chi connectivity index (χ4n) is 3.22. The lowest BCUT2D eigenvalue weighted by Gasteiger charge is -2.38. The van der Waals surface area contributed by atoms with Crippen molar-refractivity contribution in [3.63, 3.8) is 0 Å². The fourth-order valence-corrected chi connectivity index (χ4v) is 4.28. The molecule has 1 aliphatic rings. The first kappa shape index (κ1) is 25.0. The van der Waals surface area contributed by atoms with Crippen molar-refractivity contribution in [3.8, 4) is 0 Å². The number of hydrogen-bond donors (Lipinski definition) is 2. The number of esters is 1. The number of nitrogens with zero attached hydrogens (tertiary/aromatic N) is 2. The van der Waals surface area contributed by atoms with Gasteiger partial charge in [-0.15, -0.1) is 0 Å². The van der Waals surface area contributed by atoms with Crippen molar-refractivity contribution < 1.29 is 19.1 Å². The molecule has 0 saturated heterocycles. The Balaban J connectivity index is 1.73. The SMILES string of the molecule is CCOC(=O)[C@H](Cc1ccc(NC(=O)c2c(Cl)cncc2Cl)cn1)NC1=C(Cl)C(=O)C1(C)C. The van der Waals surface area contributed by atoms with E-state index < -0.39 is 23.3 Å². The molecular formula is C22H21Cl3N4O4. The number of aromatic nitrogens is 2. The van der Waals surface area contributed by atoms with Gasteiger partial charge in [-0.2, -0.15) is 0 Å². The second kappa shape index (κ2) is 10.1. The number of allylic oxidation sites excluding steroid dienone is 2. The molecule has 1 atom stereocenters. The van der Waals surface area contributed by atoms with E-state index in [0.717, 1.165) is 0 Å². The number of hydrogen-bond acceptors (Lipinski definition) is 7. The number of anilines is 1. The number of pyridine rings is 2. The number of rotatable bonds is 8. The number of carbonyl (C=O) groups is 3. The smallest absolute Gasteiger partial charge is 0.328 e. The Hall–Kier alpha value is -2.68. The van der Waals surface area contributed by atoms with Gasteiger partial charge in [0.25, 0.3) is 5.91 Å². The van der Waals surface area contributed by atoms with Crippen LogP contribution in [0.4, 0.5) is 5.69 Å². The van der Waals surface area contributed by atoms with Gasteiger partial charge in [-0.3, -0.25) is 19.6 Å². The molecule has 0 radical (unpaired) electrons. The van der Waals surface area contributed by atoms with Crippen LogP contribution in [0.25, 0.3) is 0 Å².